The molecule has 2 heteroatoms. The molecule has 2 N–H and O–H groups in total. The molecule has 0 spiro atoms. The quantitative estimate of drug-likeness (QED) is 0.867. The second-order valence-corrected chi connectivity index (χ2v) is 5.61. The topological polar surface area (TPSA) is 35.2 Å². The molecule has 0 heterocycles. The molecule has 0 radical (unpaired) electrons. The van der Waals surface area contributed by atoms with Crippen LogP contribution in [0.2, 0.25) is 0 Å². The summed E-state index contributed by atoms with van der Waals surface area (Å²) in [6.07, 6.45) is 1.87. The van der Waals surface area contributed by atoms with Crippen LogP contribution in [0.1, 0.15) is 36.0 Å². The lowest BCUT2D eigenvalue weighted by Gasteiger charge is -2.24. The third kappa shape index (κ3) is 3.85. The number of benzene rings is 2. The second-order valence-electron chi connectivity index (χ2n) is 5.61. The zero-order valence-electron chi connectivity index (χ0n) is 13.2. The minimum absolute atomic E-state index is 0.0908. The Bertz CT molecular complexity index is 565. The van der Waals surface area contributed by atoms with Crippen molar-refractivity contribution in [2.75, 3.05) is 7.11 Å². The van der Waals surface area contributed by atoms with Crippen LogP contribution in [0.15, 0.2) is 48.5 Å². The molecule has 2 aromatic carbocycles. The lowest BCUT2D eigenvalue weighted by molar-refractivity contribution is 0.405. The van der Waals surface area contributed by atoms with E-state index in [1.54, 1.807) is 7.11 Å². The predicted octanol–water partition coefficient (Wildman–Crippen LogP) is 4.07. The Morgan fingerprint density at radius 2 is 1.81 bits per heavy atom. The van der Waals surface area contributed by atoms with Crippen molar-refractivity contribution in [1.82, 2.24) is 0 Å². The van der Waals surface area contributed by atoms with E-state index < -0.39 is 0 Å². The fourth-order valence-corrected chi connectivity index (χ4v) is 2.95. The van der Waals surface area contributed by atoms with Gasteiger partial charge in [-0.25, -0.2) is 0 Å². The van der Waals surface area contributed by atoms with Crippen LogP contribution in [-0.2, 0) is 6.42 Å². The number of nitrogens with two attached hydrogens (primary N) is 1. The molecule has 0 aliphatic rings. The monoisotopic (exact) mass is 283 g/mol. The first-order valence-electron chi connectivity index (χ1n) is 7.59. The number of methoxy groups -OCH3 is 1. The molecule has 2 atom stereocenters. The van der Waals surface area contributed by atoms with Crippen LogP contribution < -0.4 is 10.5 Å². The Morgan fingerprint density at radius 1 is 1.10 bits per heavy atom. The molecule has 0 saturated carbocycles. The Morgan fingerprint density at radius 3 is 2.43 bits per heavy atom. The van der Waals surface area contributed by atoms with Gasteiger partial charge in [0.15, 0.2) is 0 Å². The van der Waals surface area contributed by atoms with Gasteiger partial charge in [-0.2, -0.15) is 0 Å². The fraction of sp³-hybridized carbons (Fsp3) is 0.368. The van der Waals surface area contributed by atoms with E-state index in [2.05, 4.69) is 50.2 Å². The highest BCUT2D eigenvalue weighted by Crippen LogP contribution is 2.27. The summed E-state index contributed by atoms with van der Waals surface area (Å²) in [5.41, 5.74) is 10.3. The highest BCUT2D eigenvalue weighted by molar-refractivity contribution is 5.38. The summed E-state index contributed by atoms with van der Waals surface area (Å²) in [6.45, 7) is 4.30. The second kappa shape index (κ2) is 7.28. The van der Waals surface area contributed by atoms with E-state index >= 15 is 0 Å². The molecule has 2 aromatic rings. The molecule has 21 heavy (non-hydrogen) atoms. The number of aryl methyl sites for hydroxylation is 1. The average Bonchev–Trinajstić information content (AvgIpc) is 2.49. The zero-order valence-corrected chi connectivity index (χ0v) is 13.2. The summed E-state index contributed by atoms with van der Waals surface area (Å²) in [4.78, 5) is 0. The molecule has 0 aliphatic carbocycles. The van der Waals surface area contributed by atoms with E-state index in [-0.39, 0.29) is 6.04 Å². The molecule has 0 aromatic heterocycles. The van der Waals surface area contributed by atoms with Gasteiger partial charge in [-0.3, -0.25) is 0 Å². The first-order valence-corrected chi connectivity index (χ1v) is 7.59. The van der Waals surface area contributed by atoms with Crippen LogP contribution in [0, 0.1) is 6.92 Å². The maximum atomic E-state index is 6.51. The Hall–Kier alpha value is -1.80. The highest BCUT2D eigenvalue weighted by atomic mass is 16.5. The number of hydrogen-bond acceptors (Lipinski definition) is 2. The highest BCUT2D eigenvalue weighted by Gasteiger charge is 2.19. The minimum Gasteiger partial charge on any atom is -0.496 e. The molecule has 0 fully saturated rings. The van der Waals surface area contributed by atoms with Gasteiger partial charge in [-0.1, -0.05) is 55.0 Å². The molecule has 0 aliphatic heterocycles. The molecule has 0 bridgehead atoms. The number of rotatable bonds is 6. The van der Waals surface area contributed by atoms with Crippen molar-refractivity contribution in [2.24, 2.45) is 5.73 Å². The van der Waals surface area contributed by atoms with Gasteiger partial charge < -0.3 is 10.5 Å². The Kier molecular flexibility index (Phi) is 5.40. The molecule has 0 saturated heterocycles. The zero-order chi connectivity index (χ0) is 15.2. The van der Waals surface area contributed by atoms with Gasteiger partial charge in [0.1, 0.15) is 5.75 Å². The summed E-state index contributed by atoms with van der Waals surface area (Å²) >= 11 is 0. The number of ether oxygens (including phenoxy) is 1. The summed E-state index contributed by atoms with van der Waals surface area (Å²) < 4.78 is 5.46. The lowest BCUT2D eigenvalue weighted by Crippen LogP contribution is -2.30. The number of hydrogen-bond donors (Lipinski definition) is 1. The van der Waals surface area contributed by atoms with E-state index in [1.165, 1.54) is 16.7 Å². The van der Waals surface area contributed by atoms with Gasteiger partial charge >= 0.3 is 0 Å². The van der Waals surface area contributed by atoms with E-state index in [0.717, 1.165) is 18.6 Å². The van der Waals surface area contributed by atoms with Crippen LogP contribution in [0.25, 0.3) is 0 Å². The maximum absolute atomic E-state index is 6.51. The van der Waals surface area contributed by atoms with Crippen LogP contribution >= 0.6 is 0 Å². The Labute approximate surface area is 127 Å². The van der Waals surface area contributed by atoms with E-state index in [0.29, 0.717) is 5.92 Å². The van der Waals surface area contributed by atoms with E-state index in [4.69, 9.17) is 10.5 Å². The van der Waals surface area contributed by atoms with Crippen LogP contribution in [-0.4, -0.2) is 13.2 Å². The first kappa shape index (κ1) is 15.6. The summed E-state index contributed by atoms with van der Waals surface area (Å²) in [5, 5.41) is 0. The van der Waals surface area contributed by atoms with Crippen LogP contribution in [0.5, 0.6) is 5.75 Å². The fourth-order valence-electron chi connectivity index (χ4n) is 2.95. The van der Waals surface area contributed by atoms with Crippen molar-refractivity contribution >= 4 is 0 Å². The predicted molar refractivity (Wildman–Crippen MR) is 88.9 cm³/mol. The van der Waals surface area contributed by atoms with Crippen molar-refractivity contribution in [1.29, 1.82) is 0 Å². The van der Waals surface area contributed by atoms with Gasteiger partial charge in [0.05, 0.1) is 7.11 Å². The smallest absolute Gasteiger partial charge is 0.122 e. The SMILES string of the molecule is CCC(c1ccccc1)C(N)Cc1cc(C)ccc1OC. The first-order chi connectivity index (χ1) is 10.2. The molecule has 2 unspecified atom stereocenters. The molecular formula is C19H25NO. The molecule has 112 valence electrons. The van der Waals surface area contributed by atoms with Crippen molar-refractivity contribution in [3.05, 3.63) is 65.2 Å². The van der Waals surface area contributed by atoms with E-state index in [9.17, 15) is 0 Å². The van der Waals surface area contributed by atoms with E-state index in [1.807, 2.05) is 12.1 Å². The third-order valence-corrected chi connectivity index (χ3v) is 4.08. The molecular weight excluding hydrogens is 258 g/mol. The summed E-state index contributed by atoms with van der Waals surface area (Å²) in [6, 6.07) is 16.9. The van der Waals surface area contributed by atoms with Crippen molar-refractivity contribution in [3.8, 4) is 5.75 Å². The Balaban J connectivity index is 2.20. The lowest BCUT2D eigenvalue weighted by atomic mass is 9.86. The van der Waals surface area contributed by atoms with Crippen molar-refractivity contribution < 1.29 is 4.74 Å². The summed E-state index contributed by atoms with van der Waals surface area (Å²) in [5.74, 6) is 1.30. The molecule has 2 rings (SSSR count). The maximum Gasteiger partial charge on any atom is 0.122 e. The third-order valence-electron chi connectivity index (χ3n) is 4.08. The normalized spacial score (nSPS) is 13.7. The van der Waals surface area contributed by atoms with Crippen LogP contribution in [0.4, 0.5) is 0 Å². The average molecular weight is 283 g/mol. The molecule has 2 nitrogen and oxygen atoms in total. The van der Waals surface area contributed by atoms with Gasteiger partial charge in [0.25, 0.3) is 0 Å². The van der Waals surface area contributed by atoms with Gasteiger partial charge in [0.2, 0.25) is 0 Å². The van der Waals surface area contributed by atoms with Gasteiger partial charge in [-0.15, -0.1) is 0 Å². The minimum atomic E-state index is 0.0908. The van der Waals surface area contributed by atoms with Crippen molar-refractivity contribution in [2.45, 2.75) is 38.6 Å². The molecule has 0 amide bonds. The van der Waals surface area contributed by atoms with Gasteiger partial charge in [-0.05, 0) is 42.9 Å². The van der Waals surface area contributed by atoms with Crippen molar-refractivity contribution in [3.63, 3.8) is 0 Å². The van der Waals surface area contributed by atoms with Gasteiger partial charge in [0, 0.05) is 6.04 Å². The summed E-state index contributed by atoms with van der Waals surface area (Å²) in [7, 11) is 1.72. The largest absolute Gasteiger partial charge is 0.496 e. The standard InChI is InChI=1S/C19H25NO/c1-4-17(15-8-6-5-7-9-15)18(20)13-16-12-14(2)10-11-19(16)21-3/h5-12,17-18H,4,13,20H2,1-3H3. The van der Waals surface area contributed by atoms with Crippen LogP contribution in [0.3, 0.4) is 0 Å².